The summed E-state index contributed by atoms with van der Waals surface area (Å²) in [6, 6.07) is 3.57. The molecule has 1 saturated carbocycles. The summed E-state index contributed by atoms with van der Waals surface area (Å²) in [6.45, 7) is 0.433. The van der Waals surface area contributed by atoms with Crippen molar-refractivity contribution in [3.63, 3.8) is 0 Å². The van der Waals surface area contributed by atoms with Crippen LogP contribution in [0.15, 0.2) is 18.3 Å². The number of hydrogen-bond acceptors (Lipinski definition) is 3. The molecule has 1 amide bonds. The second kappa shape index (κ2) is 4.29. The van der Waals surface area contributed by atoms with Crippen molar-refractivity contribution in [2.45, 2.75) is 25.8 Å². The number of amides is 1. The van der Waals surface area contributed by atoms with E-state index in [0.717, 1.165) is 18.5 Å². The highest BCUT2D eigenvalue weighted by Gasteiger charge is 2.24. The summed E-state index contributed by atoms with van der Waals surface area (Å²) in [5.74, 6) is 0.348. The van der Waals surface area contributed by atoms with Crippen LogP contribution in [0.4, 0.5) is 5.69 Å². The van der Waals surface area contributed by atoms with E-state index in [0.29, 0.717) is 12.2 Å². The average molecular weight is 205 g/mol. The van der Waals surface area contributed by atoms with Gasteiger partial charge in [0.1, 0.15) is 0 Å². The average Bonchev–Trinajstić information content (AvgIpc) is 2.14. The van der Waals surface area contributed by atoms with Gasteiger partial charge in [-0.1, -0.05) is 6.42 Å². The molecule has 0 unspecified atom stereocenters. The van der Waals surface area contributed by atoms with Gasteiger partial charge in [0.05, 0.1) is 17.9 Å². The summed E-state index contributed by atoms with van der Waals surface area (Å²) in [5.41, 5.74) is 7.09. The van der Waals surface area contributed by atoms with Crippen LogP contribution in [0.5, 0.6) is 0 Å². The Morgan fingerprint density at radius 3 is 3.00 bits per heavy atom. The number of carbonyl (C=O) groups excluding carboxylic acids is 1. The Bertz CT molecular complexity index is 361. The van der Waals surface area contributed by atoms with Crippen LogP contribution in [0.25, 0.3) is 0 Å². The van der Waals surface area contributed by atoms with E-state index in [2.05, 4.69) is 10.3 Å². The molecule has 3 N–H and O–H groups in total. The minimum absolute atomic E-state index is 0.131. The van der Waals surface area contributed by atoms with Gasteiger partial charge in [-0.05, 0) is 25.0 Å². The molecule has 0 radical (unpaired) electrons. The lowest BCUT2D eigenvalue weighted by molar-refractivity contribution is -0.127. The standard InChI is InChI=1S/C11H15N3O/c12-9-5-2-6-13-10(9)7-14-11(15)8-3-1-4-8/h2,5-6,8H,1,3-4,7,12H2,(H,14,15). The fourth-order valence-corrected chi connectivity index (χ4v) is 1.58. The summed E-state index contributed by atoms with van der Waals surface area (Å²) in [5, 5.41) is 2.86. The van der Waals surface area contributed by atoms with Gasteiger partial charge >= 0.3 is 0 Å². The highest BCUT2D eigenvalue weighted by Crippen LogP contribution is 2.26. The monoisotopic (exact) mass is 205 g/mol. The fourth-order valence-electron chi connectivity index (χ4n) is 1.58. The van der Waals surface area contributed by atoms with Gasteiger partial charge in [0.2, 0.25) is 5.91 Å². The maximum atomic E-state index is 11.5. The second-order valence-electron chi connectivity index (χ2n) is 3.88. The Kier molecular flexibility index (Phi) is 2.85. The normalized spacial score (nSPS) is 15.7. The zero-order valence-corrected chi connectivity index (χ0v) is 8.57. The highest BCUT2D eigenvalue weighted by atomic mass is 16.1. The molecule has 80 valence electrons. The van der Waals surface area contributed by atoms with Crippen LogP contribution < -0.4 is 11.1 Å². The quantitative estimate of drug-likeness (QED) is 0.775. The number of pyridine rings is 1. The molecule has 1 aliphatic rings. The molecule has 1 aromatic rings. The van der Waals surface area contributed by atoms with Crippen LogP contribution in [-0.2, 0) is 11.3 Å². The number of hydrogen-bond donors (Lipinski definition) is 2. The van der Waals surface area contributed by atoms with Gasteiger partial charge in [0.25, 0.3) is 0 Å². The SMILES string of the molecule is Nc1cccnc1CNC(=O)C1CCC1. The van der Waals surface area contributed by atoms with Gasteiger partial charge in [-0.3, -0.25) is 9.78 Å². The molecule has 0 saturated heterocycles. The lowest BCUT2D eigenvalue weighted by Gasteiger charge is -2.24. The Labute approximate surface area is 88.9 Å². The number of nitrogens with two attached hydrogens (primary N) is 1. The van der Waals surface area contributed by atoms with E-state index in [-0.39, 0.29) is 11.8 Å². The van der Waals surface area contributed by atoms with Gasteiger partial charge in [-0.25, -0.2) is 0 Å². The molecule has 0 aliphatic heterocycles. The van der Waals surface area contributed by atoms with Crippen molar-refractivity contribution in [1.82, 2.24) is 10.3 Å². The minimum Gasteiger partial charge on any atom is -0.397 e. The molecule has 4 heteroatoms. The Balaban J connectivity index is 1.87. The summed E-state index contributed by atoms with van der Waals surface area (Å²) in [7, 11) is 0. The molecule has 15 heavy (non-hydrogen) atoms. The summed E-state index contributed by atoms with van der Waals surface area (Å²) < 4.78 is 0. The largest absolute Gasteiger partial charge is 0.397 e. The first-order chi connectivity index (χ1) is 7.27. The molecule has 1 fully saturated rings. The van der Waals surface area contributed by atoms with Crippen molar-refractivity contribution in [1.29, 1.82) is 0 Å². The maximum absolute atomic E-state index is 11.5. The van der Waals surface area contributed by atoms with Crippen LogP contribution in [0.2, 0.25) is 0 Å². The number of rotatable bonds is 3. The Morgan fingerprint density at radius 2 is 2.40 bits per heavy atom. The van der Waals surface area contributed by atoms with Gasteiger partial charge < -0.3 is 11.1 Å². The fraction of sp³-hybridized carbons (Fsp3) is 0.455. The maximum Gasteiger partial charge on any atom is 0.223 e. The smallest absolute Gasteiger partial charge is 0.223 e. The molecule has 1 aliphatic carbocycles. The van der Waals surface area contributed by atoms with E-state index in [4.69, 9.17) is 5.73 Å². The van der Waals surface area contributed by atoms with Crippen LogP contribution >= 0.6 is 0 Å². The number of carbonyl (C=O) groups is 1. The van der Waals surface area contributed by atoms with E-state index in [1.165, 1.54) is 6.42 Å². The predicted octanol–water partition coefficient (Wildman–Crippen LogP) is 1.08. The first kappa shape index (κ1) is 9.96. The van der Waals surface area contributed by atoms with Gasteiger partial charge in [-0.2, -0.15) is 0 Å². The number of aromatic nitrogens is 1. The van der Waals surface area contributed by atoms with Gasteiger partial charge in [0, 0.05) is 12.1 Å². The molecule has 0 atom stereocenters. The minimum atomic E-state index is 0.131. The van der Waals surface area contributed by atoms with Gasteiger partial charge in [-0.15, -0.1) is 0 Å². The third-order valence-electron chi connectivity index (χ3n) is 2.83. The Hall–Kier alpha value is -1.58. The first-order valence-electron chi connectivity index (χ1n) is 5.24. The molecule has 4 nitrogen and oxygen atoms in total. The summed E-state index contributed by atoms with van der Waals surface area (Å²) in [4.78, 5) is 15.6. The van der Waals surface area contributed by atoms with Crippen LogP contribution in [-0.4, -0.2) is 10.9 Å². The zero-order valence-electron chi connectivity index (χ0n) is 8.57. The molecular formula is C11H15N3O. The molecule has 0 bridgehead atoms. The third kappa shape index (κ3) is 2.26. The molecule has 2 rings (SSSR count). The number of anilines is 1. The van der Waals surface area contributed by atoms with E-state index < -0.39 is 0 Å². The number of nitrogen functional groups attached to an aromatic ring is 1. The molecule has 1 heterocycles. The highest BCUT2D eigenvalue weighted by molar-refractivity contribution is 5.79. The van der Waals surface area contributed by atoms with Crippen LogP contribution in [0.1, 0.15) is 25.0 Å². The molecule has 1 aromatic heterocycles. The summed E-state index contributed by atoms with van der Waals surface area (Å²) >= 11 is 0. The van der Waals surface area contributed by atoms with Crippen LogP contribution in [0.3, 0.4) is 0 Å². The lowest BCUT2D eigenvalue weighted by atomic mass is 9.85. The summed E-state index contributed by atoms with van der Waals surface area (Å²) in [6.07, 6.45) is 4.89. The third-order valence-corrected chi connectivity index (χ3v) is 2.83. The van der Waals surface area contributed by atoms with Crippen molar-refractivity contribution in [3.8, 4) is 0 Å². The molecule has 0 aromatic carbocycles. The predicted molar refractivity (Wildman–Crippen MR) is 57.8 cm³/mol. The lowest BCUT2D eigenvalue weighted by Crippen LogP contribution is -2.34. The van der Waals surface area contributed by atoms with Crippen molar-refractivity contribution < 1.29 is 4.79 Å². The van der Waals surface area contributed by atoms with Crippen molar-refractivity contribution in [3.05, 3.63) is 24.0 Å². The second-order valence-corrected chi connectivity index (χ2v) is 3.88. The van der Waals surface area contributed by atoms with Crippen molar-refractivity contribution in [2.24, 2.45) is 5.92 Å². The topological polar surface area (TPSA) is 68.0 Å². The molecular weight excluding hydrogens is 190 g/mol. The first-order valence-corrected chi connectivity index (χ1v) is 5.24. The zero-order chi connectivity index (χ0) is 10.7. The van der Waals surface area contributed by atoms with E-state index >= 15 is 0 Å². The van der Waals surface area contributed by atoms with Crippen molar-refractivity contribution >= 4 is 11.6 Å². The van der Waals surface area contributed by atoms with Gasteiger partial charge in [0.15, 0.2) is 0 Å². The number of nitrogens with one attached hydrogen (secondary N) is 1. The number of nitrogens with zero attached hydrogens (tertiary/aromatic N) is 1. The molecule has 0 spiro atoms. The Morgan fingerprint density at radius 1 is 1.60 bits per heavy atom. The van der Waals surface area contributed by atoms with E-state index in [1.807, 2.05) is 0 Å². The van der Waals surface area contributed by atoms with E-state index in [1.54, 1.807) is 18.3 Å². The van der Waals surface area contributed by atoms with E-state index in [9.17, 15) is 4.79 Å². The van der Waals surface area contributed by atoms with Crippen molar-refractivity contribution in [2.75, 3.05) is 5.73 Å². The van der Waals surface area contributed by atoms with Crippen LogP contribution in [0, 0.1) is 5.92 Å².